The van der Waals surface area contributed by atoms with Crippen molar-refractivity contribution < 1.29 is 17.9 Å². The van der Waals surface area contributed by atoms with E-state index in [9.17, 15) is 13.2 Å². The minimum Gasteiger partial charge on any atom is -0.406 e. The fraction of sp³-hybridized carbons (Fsp3) is 0.143. The summed E-state index contributed by atoms with van der Waals surface area (Å²) < 4.78 is 40.4. The first-order chi connectivity index (χ1) is 8.99. The molecule has 0 unspecified atom stereocenters. The van der Waals surface area contributed by atoms with Gasteiger partial charge in [0, 0.05) is 6.54 Å². The second-order valence-corrected chi connectivity index (χ2v) is 3.94. The lowest BCUT2D eigenvalue weighted by atomic mass is 10.00. The van der Waals surface area contributed by atoms with E-state index < -0.39 is 6.36 Å². The van der Waals surface area contributed by atoms with Gasteiger partial charge in [0.1, 0.15) is 5.75 Å². The molecule has 0 amide bonds. The van der Waals surface area contributed by atoms with E-state index in [0.717, 1.165) is 11.1 Å². The summed E-state index contributed by atoms with van der Waals surface area (Å²) in [5.41, 5.74) is 7.93. The number of benzene rings is 2. The van der Waals surface area contributed by atoms with Crippen LogP contribution >= 0.6 is 0 Å². The highest BCUT2D eigenvalue weighted by molar-refractivity contribution is 5.68. The molecule has 5 heteroatoms. The lowest BCUT2D eigenvalue weighted by Crippen LogP contribution is -2.17. The average molecular weight is 267 g/mol. The summed E-state index contributed by atoms with van der Waals surface area (Å²) in [4.78, 5) is 0. The Morgan fingerprint density at radius 1 is 1.00 bits per heavy atom. The predicted octanol–water partition coefficient (Wildman–Crippen LogP) is 3.71. The number of hydrogen-bond donors (Lipinski definition) is 1. The zero-order valence-corrected chi connectivity index (χ0v) is 9.95. The highest BCUT2D eigenvalue weighted by atomic mass is 19.4. The van der Waals surface area contributed by atoms with Crippen molar-refractivity contribution in [3.8, 4) is 16.9 Å². The molecule has 2 N–H and O–H groups in total. The molecule has 0 aliphatic carbocycles. The molecule has 2 nitrogen and oxygen atoms in total. The Hall–Kier alpha value is -2.01. The summed E-state index contributed by atoms with van der Waals surface area (Å²) in [7, 11) is 0. The van der Waals surface area contributed by atoms with Crippen LogP contribution in [0.25, 0.3) is 11.1 Å². The smallest absolute Gasteiger partial charge is 0.406 e. The van der Waals surface area contributed by atoms with Crippen LogP contribution in [0.4, 0.5) is 13.2 Å². The minimum absolute atomic E-state index is 0.239. The van der Waals surface area contributed by atoms with Crippen LogP contribution in [0.15, 0.2) is 48.5 Å². The first kappa shape index (κ1) is 13.4. The molecule has 0 spiro atoms. The fourth-order valence-electron chi connectivity index (χ4n) is 1.84. The summed E-state index contributed by atoms with van der Waals surface area (Å²) in [6, 6.07) is 13.2. The van der Waals surface area contributed by atoms with Gasteiger partial charge in [-0.3, -0.25) is 0 Å². The normalized spacial score (nSPS) is 11.4. The number of ether oxygens (including phenoxy) is 1. The molecule has 0 aliphatic heterocycles. The third kappa shape index (κ3) is 3.48. The first-order valence-electron chi connectivity index (χ1n) is 5.64. The van der Waals surface area contributed by atoms with E-state index in [2.05, 4.69) is 4.74 Å². The van der Waals surface area contributed by atoms with Gasteiger partial charge in [-0.05, 0) is 28.8 Å². The molecule has 0 aromatic heterocycles. The first-order valence-corrected chi connectivity index (χ1v) is 5.64. The van der Waals surface area contributed by atoms with E-state index in [1.165, 1.54) is 18.2 Å². The van der Waals surface area contributed by atoms with Gasteiger partial charge in [0.15, 0.2) is 0 Å². The summed E-state index contributed by atoms with van der Waals surface area (Å²) in [5.74, 6) is -0.239. The highest BCUT2D eigenvalue weighted by Crippen LogP contribution is 2.29. The summed E-state index contributed by atoms with van der Waals surface area (Å²) in [5, 5.41) is 0. The number of nitrogens with two attached hydrogens (primary N) is 1. The van der Waals surface area contributed by atoms with E-state index in [1.807, 2.05) is 24.3 Å². The standard InChI is InChI=1S/C14H12F3NO/c15-14(16,17)19-12-6-3-5-10(8-12)13-7-2-1-4-11(13)9-18/h1-8H,9,18H2. The zero-order valence-electron chi connectivity index (χ0n) is 9.95. The predicted molar refractivity (Wildman–Crippen MR) is 66.5 cm³/mol. The molecule has 0 saturated carbocycles. The SMILES string of the molecule is NCc1ccccc1-c1cccc(OC(F)(F)F)c1. The molecule has 0 fully saturated rings. The molecule has 0 atom stereocenters. The largest absolute Gasteiger partial charge is 0.573 e. The van der Waals surface area contributed by atoms with Crippen LogP contribution in [0.3, 0.4) is 0 Å². The lowest BCUT2D eigenvalue weighted by Gasteiger charge is -2.11. The van der Waals surface area contributed by atoms with Crippen molar-refractivity contribution in [3.05, 3.63) is 54.1 Å². The summed E-state index contributed by atoms with van der Waals surface area (Å²) >= 11 is 0. The third-order valence-corrected chi connectivity index (χ3v) is 2.62. The van der Waals surface area contributed by atoms with Crippen molar-refractivity contribution in [1.82, 2.24) is 0 Å². The maximum Gasteiger partial charge on any atom is 0.573 e. The Balaban J connectivity index is 2.38. The molecule has 100 valence electrons. The van der Waals surface area contributed by atoms with Crippen molar-refractivity contribution in [3.63, 3.8) is 0 Å². The number of alkyl halides is 3. The van der Waals surface area contributed by atoms with Crippen LogP contribution < -0.4 is 10.5 Å². The van der Waals surface area contributed by atoms with Gasteiger partial charge < -0.3 is 10.5 Å². The van der Waals surface area contributed by atoms with E-state index in [1.54, 1.807) is 6.07 Å². The van der Waals surface area contributed by atoms with Crippen molar-refractivity contribution >= 4 is 0 Å². The second kappa shape index (κ2) is 5.32. The molecule has 2 aromatic rings. The van der Waals surface area contributed by atoms with Gasteiger partial charge in [-0.2, -0.15) is 0 Å². The summed E-state index contributed by atoms with van der Waals surface area (Å²) in [6.07, 6.45) is -4.69. The monoisotopic (exact) mass is 267 g/mol. The third-order valence-electron chi connectivity index (χ3n) is 2.62. The number of hydrogen-bond acceptors (Lipinski definition) is 2. The molecule has 2 aromatic carbocycles. The number of rotatable bonds is 3. The lowest BCUT2D eigenvalue weighted by molar-refractivity contribution is -0.274. The van der Waals surface area contributed by atoms with Crippen LogP contribution in [-0.4, -0.2) is 6.36 Å². The van der Waals surface area contributed by atoms with Gasteiger partial charge in [0.25, 0.3) is 0 Å². The van der Waals surface area contributed by atoms with Crippen LogP contribution in [0.5, 0.6) is 5.75 Å². The summed E-state index contributed by atoms with van der Waals surface area (Å²) in [6.45, 7) is 0.320. The molecule has 0 bridgehead atoms. The Morgan fingerprint density at radius 2 is 1.74 bits per heavy atom. The average Bonchev–Trinajstić information content (AvgIpc) is 2.37. The van der Waals surface area contributed by atoms with Crippen molar-refractivity contribution in [2.24, 2.45) is 5.73 Å². The fourth-order valence-corrected chi connectivity index (χ4v) is 1.84. The van der Waals surface area contributed by atoms with E-state index in [4.69, 9.17) is 5.73 Å². The quantitative estimate of drug-likeness (QED) is 0.920. The Labute approximate surface area is 108 Å². The van der Waals surface area contributed by atoms with Gasteiger partial charge in [0.05, 0.1) is 0 Å². The molecule has 19 heavy (non-hydrogen) atoms. The second-order valence-electron chi connectivity index (χ2n) is 3.94. The van der Waals surface area contributed by atoms with E-state index in [-0.39, 0.29) is 5.75 Å². The van der Waals surface area contributed by atoms with Crippen molar-refractivity contribution in [1.29, 1.82) is 0 Å². The minimum atomic E-state index is -4.69. The van der Waals surface area contributed by atoms with Crippen LogP contribution in [0.2, 0.25) is 0 Å². The van der Waals surface area contributed by atoms with E-state index >= 15 is 0 Å². The Kier molecular flexibility index (Phi) is 3.76. The molecule has 0 heterocycles. The molecule has 2 rings (SSSR count). The van der Waals surface area contributed by atoms with Gasteiger partial charge in [-0.25, -0.2) is 0 Å². The van der Waals surface area contributed by atoms with Crippen molar-refractivity contribution in [2.45, 2.75) is 12.9 Å². The van der Waals surface area contributed by atoms with Crippen LogP contribution in [-0.2, 0) is 6.54 Å². The van der Waals surface area contributed by atoms with Gasteiger partial charge >= 0.3 is 6.36 Å². The molecule has 0 radical (unpaired) electrons. The maximum absolute atomic E-state index is 12.2. The Bertz CT molecular complexity index is 567. The zero-order chi connectivity index (χ0) is 13.9. The molecule has 0 aliphatic rings. The van der Waals surface area contributed by atoms with E-state index in [0.29, 0.717) is 12.1 Å². The van der Waals surface area contributed by atoms with Gasteiger partial charge in [0.2, 0.25) is 0 Å². The maximum atomic E-state index is 12.2. The van der Waals surface area contributed by atoms with Gasteiger partial charge in [-0.15, -0.1) is 13.2 Å². The van der Waals surface area contributed by atoms with Crippen molar-refractivity contribution in [2.75, 3.05) is 0 Å². The molecule has 0 saturated heterocycles. The van der Waals surface area contributed by atoms with Crippen LogP contribution in [0.1, 0.15) is 5.56 Å². The number of halogens is 3. The highest BCUT2D eigenvalue weighted by Gasteiger charge is 2.31. The topological polar surface area (TPSA) is 35.2 Å². The van der Waals surface area contributed by atoms with Gasteiger partial charge in [-0.1, -0.05) is 36.4 Å². The molecular formula is C14H12F3NO. The molecular weight excluding hydrogens is 255 g/mol. The Morgan fingerprint density at radius 3 is 2.42 bits per heavy atom. The van der Waals surface area contributed by atoms with Crippen LogP contribution in [0, 0.1) is 0 Å².